The first kappa shape index (κ1) is 20.8. The molecule has 2 rings (SSSR count). The summed E-state index contributed by atoms with van der Waals surface area (Å²) in [5, 5.41) is 2.81. The van der Waals surface area contributed by atoms with Crippen molar-refractivity contribution in [2.24, 2.45) is 0 Å². The number of carbonyl (C=O) groups is 2. The summed E-state index contributed by atoms with van der Waals surface area (Å²) in [6, 6.07) is 12.6. The fourth-order valence-electron chi connectivity index (χ4n) is 2.17. The maximum absolute atomic E-state index is 12.8. The largest absolute Gasteiger partial charge is 0.490 e. The molecule has 0 heterocycles. The minimum Gasteiger partial charge on any atom is -0.490 e. The minimum atomic E-state index is -0.481. The standard InChI is InChI=1S/C20H22FNO4S/c1-14(2)22-19(23)13-27-18-6-4-3-5-17(18)20(24)26-12-11-25-16-9-7-15(21)8-10-16/h3-10,14H,11-13H2,1-2H3,(H,22,23). The Hall–Kier alpha value is -2.54. The van der Waals surface area contributed by atoms with Gasteiger partial charge in [0, 0.05) is 10.9 Å². The van der Waals surface area contributed by atoms with E-state index < -0.39 is 5.97 Å². The van der Waals surface area contributed by atoms with Crippen LogP contribution in [0.15, 0.2) is 53.4 Å². The second-order valence-corrected chi connectivity index (χ2v) is 6.96. The molecular formula is C20H22FNO4S. The monoisotopic (exact) mass is 391 g/mol. The first-order valence-electron chi connectivity index (χ1n) is 8.52. The molecule has 7 heteroatoms. The average molecular weight is 391 g/mol. The number of benzene rings is 2. The Bertz CT molecular complexity index is 765. The van der Waals surface area contributed by atoms with Gasteiger partial charge in [-0.15, -0.1) is 11.8 Å². The smallest absolute Gasteiger partial charge is 0.339 e. The van der Waals surface area contributed by atoms with Crippen LogP contribution in [0, 0.1) is 5.82 Å². The highest BCUT2D eigenvalue weighted by atomic mass is 32.2. The van der Waals surface area contributed by atoms with E-state index in [2.05, 4.69) is 5.32 Å². The third kappa shape index (κ3) is 7.30. The zero-order valence-electron chi connectivity index (χ0n) is 15.2. The zero-order chi connectivity index (χ0) is 19.6. The molecule has 2 aromatic carbocycles. The van der Waals surface area contributed by atoms with E-state index in [0.717, 1.165) is 0 Å². The van der Waals surface area contributed by atoms with Crippen LogP contribution < -0.4 is 10.1 Å². The molecule has 144 valence electrons. The number of thioether (sulfide) groups is 1. The Balaban J connectivity index is 1.83. The Morgan fingerprint density at radius 2 is 1.78 bits per heavy atom. The maximum Gasteiger partial charge on any atom is 0.339 e. The number of hydrogen-bond donors (Lipinski definition) is 1. The van der Waals surface area contributed by atoms with Crippen LogP contribution in [0.5, 0.6) is 5.75 Å². The van der Waals surface area contributed by atoms with Gasteiger partial charge in [0.25, 0.3) is 0 Å². The number of halogens is 1. The van der Waals surface area contributed by atoms with Gasteiger partial charge in [0.05, 0.1) is 11.3 Å². The van der Waals surface area contributed by atoms with E-state index in [1.54, 1.807) is 24.3 Å². The predicted octanol–water partition coefficient (Wildman–Crippen LogP) is 3.68. The van der Waals surface area contributed by atoms with Gasteiger partial charge in [-0.05, 0) is 50.2 Å². The Kier molecular flexibility index (Phi) is 8.13. The summed E-state index contributed by atoms with van der Waals surface area (Å²) in [4.78, 5) is 24.8. The molecule has 0 unspecified atom stereocenters. The first-order chi connectivity index (χ1) is 13.0. The van der Waals surface area contributed by atoms with Crippen LogP contribution in [-0.2, 0) is 9.53 Å². The highest BCUT2D eigenvalue weighted by molar-refractivity contribution is 8.00. The number of carbonyl (C=O) groups excluding carboxylic acids is 2. The van der Waals surface area contributed by atoms with Crippen LogP contribution in [0.4, 0.5) is 4.39 Å². The van der Waals surface area contributed by atoms with Crippen LogP contribution in [0.2, 0.25) is 0 Å². The molecule has 0 aliphatic rings. The van der Waals surface area contributed by atoms with E-state index in [1.807, 2.05) is 13.8 Å². The highest BCUT2D eigenvalue weighted by Gasteiger charge is 2.14. The maximum atomic E-state index is 12.8. The van der Waals surface area contributed by atoms with Crippen molar-refractivity contribution in [3.05, 3.63) is 59.9 Å². The van der Waals surface area contributed by atoms with Crippen LogP contribution in [0.1, 0.15) is 24.2 Å². The van der Waals surface area contributed by atoms with Crippen molar-refractivity contribution in [3.63, 3.8) is 0 Å². The molecule has 0 bridgehead atoms. The first-order valence-corrected chi connectivity index (χ1v) is 9.51. The number of nitrogens with one attached hydrogen (secondary N) is 1. The quantitative estimate of drug-likeness (QED) is 0.401. The van der Waals surface area contributed by atoms with E-state index in [1.165, 1.54) is 36.0 Å². The van der Waals surface area contributed by atoms with Crippen molar-refractivity contribution >= 4 is 23.6 Å². The summed E-state index contributed by atoms with van der Waals surface area (Å²) in [6.07, 6.45) is 0. The van der Waals surface area contributed by atoms with E-state index in [-0.39, 0.29) is 36.7 Å². The summed E-state index contributed by atoms with van der Waals surface area (Å²) in [5.74, 6) is -0.198. The van der Waals surface area contributed by atoms with Crippen molar-refractivity contribution < 1.29 is 23.5 Å². The summed E-state index contributed by atoms with van der Waals surface area (Å²) in [5.41, 5.74) is 0.404. The molecule has 0 saturated heterocycles. The van der Waals surface area contributed by atoms with Crippen molar-refractivity contribution in [2.75, 3.05) is 19.0 Å². The van der Waals surface area contributed by atoms with Crippen LogP contribution >= 0.6 is 11.8 Å². The van der Waals surface area contributed by atoms with Gasteiger partial charge in [0.15, 0.2) is 0 Å². The summed E-state index contributed by atoms with van der Waals surface area (Å²) < 4.78 is 23.5. The van der Waals surface area contributed by atoms with Gasteiger partial charge in [0.2, 0.25) is 5.91 Å². The minimum absolute atomic E-state index is 0.0586. The van der Waals surface area contributed by atoms with Gasteiger partial charge in [-0.3, -0.25) is 4.79 Å². The molecule has 0 spiro atoms. The Labute approximate surface area is 162 Å². The molecule has 0 aliphatic carbocycles. The topological polar surface area (TPSA) is 64.6 Å². The molecule has 0 atom stereocenters. The molecule has 0 fully saturated rings. The molecular weight excluding hydrogens is 369 g/mol. The number of ether oxygens (including phenoxy) is 2. The van der Waals surface area contributed by atoms with Crippen molar-refractivity contribution in [3.8, 4) is 5.75 Å². The molecule has 0 saturated carbocycles. The second-order valence-electron chi connectivity index (χ2n) is 5.95. The predicted molar refractivity (Wildman–Crippen MR) is 103 cm³/mol. The van der Waals surface area contributed by atoms with E-state index in [4.69, 9.17) is 9.47 Å². The second kappa shape index (κ2) is 10.6. The fraction of sp³-hybridized carbons (Fsp3) is 0.300. The lowest BCUT2D eigenvalue weighted by molar-refractivity contribution is -0.119. The number of rotatable bonds is 9. The van der Waals surface area contributed by atoms with Gasteiger partial charge >= 0.3 is 5.97 Å². The van der Waals surface area contributed by atoms with Gasteiger partial charge in [-0.2, -0.15) is 0 Å². The van der Waals surface area contributed by atoms with Crippen molar-refractivity contribution in [1.82, 2.24) is 5.32 Å². The molecule has 27 heavy (non-hydrogen) atoms. The van der Waals surface area contributed by atoms with Gasteiger partial charge in [-0.1, -0.05) is 12.1 Å². The normalized spacial score (nSPS) is 10.5. The molecule has 2 aromatic rings. The fourth-order valence-corrected chi connectivity index (χ4v) is 3.02. The third-order valence-electron chi connectivity index (χ3n) is 3.31. The molecule has 0 radical (unpaired) electrons. The van der Waals surface area contributed by atoms with Crippen molar-refractivity contribution in [2.45, 2.75) is 24.8 Å². The van der Waals surface area contributed by atoms with Crippen LogP contribution in [-0.4, -0.2) is 36.9 Å². The van der Waals surface area contributed by atoms with E-state index in [0.29, 0.717) is 16.2 Å². The van der Waals surface area contributed by atoms with Gasteiger partial charge in [0.1, 0.15) is 24.8 Å². The highest BCUT2D eigenvalue weighted by Crippen LogP contribution is 2.23. The zero-order valence-corrected chi connectivity index (χ0v) is 16.1. The lowest BCUT2D eigenvalue weighted by atomic mass is 10.2. The van der Waals surface area contributed by atoms with Crippen molar-refractivity contribution in [1.29, 1.82) is 0 Å². The van der Waals surface area contributed by atoms with E-state index in [9.17, 15) is 14.0 Å². The number of amides is 1. The van der Waals surface area contributed by atoms with Gasteiger partial charge < -0.3 is 14.8 Å². The molecule has 0 aliphatic heterocycles. The average Bonchev–Trinajstić information content (AvgIpc) is 2.64. The van der Waals surface area contributed by atoms with Gasteiger partial charge in [-0.25, -0.2) is 9.18 Å². The number of hydrogen-bond acceptors (Lipinski definition) is 5. The molecule has 1 N–H and O–H groups in total. The molecule has 1 amide bonds. The lowest BCUT2D eigenvalue weighted by Gasteiger charge is -2.11. The third-order valence-corrected chi connectivity index (χ3v) is 4.39. The van der Waals surface area contributed by atoms with Crippen LogP contribution in [0.25, 0.3) is 0 Å². The summed E-state index contributed by atoms with van der Waals surface area (Å²) in [7, 11) is 0. The lowest BCUT2D eigenvalue weighted by Crippen LogP contribution is -2.31. The van der Waals surface area contributed by atoms with Crippen LogP contribution in [0.3, 0.4) is 0 Å². The summed E-state index contributed by atoms with van der Waals surface area (Å²) >= 11 is 1.28. The number of esters is 1. The molecule has 5 nitrogen and oxygen atoms in total. The Morgan fingerprint density at radius 3 is 2.48 bits per heavy atom. The molecule has 0 aromatic heterocycles. The van der Waals surface area contributed by atoms with E-state index >= 15 is 0 Å². The summed E-state index contributed by atoms with van der Waals surface area (Å²) in [6.45, 7) is 4.00. The SMILES string of the molecule is CC(C)NC(=O)CSc1ccccc1C(=O)OCCOc1ccc(F)cc1. The Morgan fingerprint density at radius 1 is 1.07 bits per heavy atom.